The molecule has 0 aliphatic carbocycles. The Morgan fingerprint density at radius 1 is 0.314 bits per heavy atom. The van der Waals surface area contributed by atoms with E-state index in [2.05, 4.69) is 177 Å². The van der Waals surface area contributed by atoms with Gasteiger partial charge in [0.15, 0.2) is 0 Å². The van der Waals surface area contributed by atoms with Crippen molar-refractivity contribution >= 4 is 71.7 Å². The molecule has 4 aromatic heterocycles. The average molecular weight is 650 g/mol. The highest BCUT2D eigenvalue weighted by Crippen LogP contribution is 2.42. The zero-order valence-corrected chi connectivity index (χ0v) is 27.3. The molecule has 4 heterocycles. The summed E-state index contributed by atoms with van der Waals surface area (Å²) in [4.78, 5) is 10.6. The molecular weight excluding hydrogens is 623 g/mol. The Labute approximate surface area is 291 Å². The van der Waals surface area contributed by atoms with Crippen molar-refractivity contribution in [3.63, 3.8) is 0 Å². The summed E-state index contributed by atoms with van der Waals surface area (Å²) < 4.78 is 6.95. The molecule has 5 heteroatoms. The van der Waals surface area contributed by atoms with Gasteiger partial charge in [-0.3, -0.25) is 8.80 Å². The van der Waals surface area contributed by atoms with Crippen LogP contribution in [-0.4, -0.2) is 23.2 Å². The molecule has 0 aliphatic rings. The highest BCUT2D eigenvalue weighted by Gasteiger charge is 2.25. The van der Waals surface area contributed by atoms with E-state index in [-0.39, 0.29) is 0 Å². The molecule has 0 saturated carbocycles. The van der Waals surface area contributed by atoms with Gasteiger partial charge in [-0.1, -0.05) is 121 Å². The molecule has 0 aliphatic heterocycles. The molecule has 0 fully saturated rings. The van der Waals surface area contributed by atoms with Crippen molar-refractivity contribution in [2.75, 3.05) is 0 Å². The number of aromatic nitrogens is 5. The van der Waals surface area contributed by atoms with E-state index in [1.807, 2.05) is 0 Å². The average Bonchev–Trinajstić information content (AvgIpc) is 3.91. The number of hydrogen-bond acceptors (Lipinski definition) is 2. The Kier molecular flexibility index (Phi) is 5.17. The first kappa shape index (κ1) is 26.9. The van der Waals surface area contributed by atoms with Gasteiger partial charge in [0.2, 0.25) is 11.6 Å². The Morgan fingerprint density at radius 2 is 0.804 bits per heavy atom. The lowest BCUT2D eigenvalue weighted by Crippen LogP contribution is -1.91. The zero-order valence-electron chi connectivity index (χ0n) is 27.3. The van der Waals surface area contributed by atoms with Gasteiger partial charge >= 0.3 is 0 Å². The molecule has 0 unspecified atom stereocenters. The van der Waals surface area contributed by atoms with Crippen molar-refractivity contribution in [1.82, 2.24) is 23.2 Å². The predicted molar refractivity (Wildman–Crippen MR) is 210 cm³/mol. The number of imidazole rings is 4. The fourth-order valence-corrected chi connectivity index (χ4v) is 8.36. The van der Waals surface area contributed by atoms with E-state index >= 15 is 0 Å². The quantitative estimate of drug-likeness (QED) is 0.191. The Bertz CT molecular complexity index is 3190. The van der Waals surface area contributed by atoms with E-state index in [1.165, 1.54) is 49.4 Å². The molecule has 0 radical (unpaired) electrons. The molecule has 0 N–H and O–H groups in total. The molecule has 236 valence electrons. The van der Waals surface area contributed by atoms with Gasteiger partial charge in [0.1, 0.15) is 5.52 Å². The molecule has 8 aromatic carbocycles. The Hall–Kier alpha value is -6.98. The van der Waals surface area contributed by atoms with Gasteiger partial charge in [0, 0.05) is 0 Å². The predicted octanol–water partition coefficient (Wildman–Crippen LogP) is 11.4. The SMILES string of the molecule is c1ccc(-c2ccc(-c3ccccc3)c(-c3cc4c5c(c3)n3c6cc7ccccc7cc6nc3n5c3nc5cc6ccccc6cc5n43)c2)cc1. The van der Waals surface area contributed by atoms with E-state index in [4.69, 9.17) is 9.97 Å². The first-order valence-electron chi connectivity index (χ1n) is 17.3. The molecule has 0 bridgehead atoms. The maximum atomic E-state index is 5.32. The second kappa shape index (κ2) is 9.80. The molecule has 12 aromatic rings. The van der Waals surface area contributed by atoms with Crippen molar-refractivity contribution in [3.05, 3.63) is 164 Å². The van der Waals surface area contributed by atoms with Crippen LogP contribution in [0.15, 0.2) is 164 Å². The minimum Gasteiger partial charge on any atom is -0.276 e. The number of hydrogen-bond donors (Lipinski definition) is 0. The molecule has 0 spiro atoms. The number of rotatable bonds is 3. The molecule has 5 nitrogen and oxygen atoms in total. The second-order valence-corrected chi connectivity index (χ2v) is 13.6. The summed E-state index contributed by atoms with van der Waals surface area (Å²) in [5.74, 6) is 1.74. The molecule has 51 heavy (non-hydrogen) atoms. The van der Waals surface area contributed by atoms with Crippen molar-refractivity contribution in [2.24, 2.45) is 0 Å². The summed E-state index contributed by atoms with van der Waals surface area (Å²) in [6.45, 7) is 0. The van der Waals surface area contributed by atoms with Crippen molar-refractivity contribution in [2.45, 2.75) is 0 Å². The molecule has 0 amide bonds. The molecular formula is C46H27N5. The van der Waals surface area contributed by atoms with Gasteiger partial charge < -0.3 is 0 Å². The molecule has 12 rings (SSSR count). The summed E-state index contributed by atoms with van der Waals surface area (Å²) in [6.07, 6.45) is 0. The maximum absolute atomic E-state index is 5.32. The van der Waals surface area contributed by atoms with Crippen LogP contribution in [0.5, 0.6) is 0 Å². The first-order chi connectivity index (χ1) is 25.3. The lowest BCUT2D eigenvalue weighted by molar-refractivity contribution is 1.15. The van der Waals surface area contributed by atoms with Crippen LogP contribution in [0.3, 0.4) is 0 Å². The topological polar surface area (TPSA) is 39.0 Å². The van der Waals surface area contributed by atoms with Crippen LogP contribution in [0, 0.1) is 0 Å². The highest BCUT2D eigenvalue weighted by molar-refractivity contribution is 6.09. The van der Waals surface area contributed by atoms with Gasteiger partial charge in [-0.2, -0.15) is 0 Å². The van der Waals surface area contributed by atoms with Crippen LogP contribution in [0.1, 0.15) is 0 Å². The lowest BCUT2D eigenvalue weighted by Gasteiger charge is -2.14. The van der Waals surface area contributed by atoms with Gasteiger partial charge in [-0.05, 0) is 97.4 Å². The second-order valence-electron chi connectivity index (χ2n) is 13.6. The summed E-state index contributed by atoms with van der Waals surface area (Å²) in [5.41, 5.74) is 14.5. The lowest BCUT2D eigenvalue weighted by atomic mass is 9.91. The van der Waals surface area contributed by atoms with E-state index in [0.29, 0.717) is 0 Å². The smallest absolute Gasteiger partial charge is 0.223 e. The van der Waals surface area contributed by atoms with Crippen LogP contribution >= 0.6 is 0 Å². The highest BCUT2D eigenvalue weighted by atomic mass is 15.3. The number of fused-ring (bicyclic) bond motifs is 12. The normalized spacial score (nSPS) is 12.3. The van der Waals surface area contributed by atoms with Crippen LogP contribution in [0.4, 0.5) is 0 Å². The summed E-state index contributed by atoms with van der Waals surface area (Å²) in [7, 11) is 0. The standard InChI is InChI=1S/C46H27N5/c1-3-11-28(12-4-1)34-19-20-36(29-13-5-2-6-14-29)37(21-34)35-26-42-44-43(27-35)50-41-25-33-18-10-8-16-31(33)23-39(41)48-46(50)51(44)45-47-38-22-30-15-7-9-17-32(30)24-40(38)49(42)45/h1-27H. The minimum absolute atomic E-state index is 0.869. The first-order valence-corrected chi connectivity index (χ1v) is 17.3. The van der Waals surface area contributed by atoms with Crippen LogP contribution in [0.2, 0.25) is 0 Å². The van der Waals surface area contributed by atoms with Crippen molar-refractivity contribution in [1.29, 1.82) is 0 Å². The summed E-state index contributed by atoms with van der Waals surface area (Å²) >= 11 is 0. The van der Waals surface area contributed by atoms with Crippen LogP contribution < -0.4 is 0 Å². The van der Waals surface area contributed by atoms with E-state index in [0.717, 1.165) is 55.7 Å². The summed E-state index contributed by atoms with van der Waals surface area (Å²) in [6, 6.07) is 59.0. The Balaban J connectivity index is 1.27. The third-order valence-electron chi connectivity index (χ3n) is 10.7. The third kappa shape index (κ3) is 3.69. The van der Waals surface area contributed by atoms with Crippen molar-refractivity contribution < 1.29 is 0 Å². The van der Waals surface area contributed by atoms with Crippen LogP contribution in [-0.2, 0) is 0 Å². The van der Waals surface area contributed by atoms with E-state index in [9.17, 15) is 0 Å². The van der Waals surface area contributed by atoms with Gasteiger partial charge in [0.05, 0.1) is 33.1 Å². The largest absolute Gasteiger partial charge is 0.276 e. The third-order valence-corrected chi connectivity index (χ3v) is 10.7. The maximum Gasteiger partial charge on any atom is 0.223 e. The molecule has 0 atom stereocenters. The van der Waals surface area contributed by atoms with Crippen molar-refractivity contribution in [3.8, 4) is 33.4 Å². The minimum atomic E-state index is 0.869. The van der Waals surface area contributed by atoms with E-state index < -0.39 is 0 Å². The fourth-order valence-electron chi connectivity index (χ4n) is 8.36. The summed E-state index contributed by atoms with van der Waals surface area (Å²) in [5, 5.41) is 4.76. The van der Waals surface area contributed by atoms with Gasteiger partial charge in [-0.25, -0.2) is 14.4 Å². The van der Waals surface area contributed by atoms with Gasteiger partial charge in [0.25, 0.3) is 0 Å². The Morgan fingerprint density at radius 3 is 1.35 bits per heavy atom. The van der Waals surface area contributed by atoms with E-state index in [1.54, 1.807) is 0 Å². The zero-order chi connectivity index (χ0) is 33.2. The molecule has 0 saturated heterocycles. The number of benzene rings is 8. The number of nitrogens with zero attached hydrogens (tertiary/aromatic N) is 5. The van der Waals surface area contributed by atoms with Gasteiger partial charge in [-0.15, -0.1) is 0 Å². The monoisotopic (exact) mass is 649 g/mol. The fraction of sp³-hybridized carbons (Fsp3) is 0. The van der Waals surface area contributed by atoms with Crippen LogP contribution in [0.25, 0.3) is 105 Å².